The molecule has 0 N–H and O–H groups in total. The molecule has 1 unspecified atom stereocenters. The fraction of sp³-hybridized carbons (Fsp3) is 0.444. The zero-order valence-corrected chi connectivity index (χ0v) is 26.5. The molecule has 2 bridgehead atoms. The highest BCUT2D eigenvalue weighted by Gasteiger charge is 2.44. The number of carbonyl (C=O) groups excluding carboxylic acids is 1. The van der Waals surface area contributed by atoms with E-state index in [2.05, 4.69) is 39.8 Å². The van der Waals surface area contributed by atoms with Crippen molar-refractivity contribution in [1.82, 2.24) is 19.4 Å². The first-order valence-corrected chi connectivity index (χ1v) is 18.0. The Morgan fingerprint density at radius 1 is 0.886 bits per heavy atom. The number of carbonyl (C=O) groups is 1. The highest BCUT2D eigenvalue weighted by atomic mass is 32.2. The van der Waals surface area contributed by atoms with Crippen LogP contribution in [-0.2, 0) is 15.3 Å². The molecule has 3 aliphatic heterocycles. The number of sulfone groups is 1. The average Bonchev–Trinajstić information content (AvgIpc) is 3.50. The summed E-state index contributed by atoms with van der Waals surface area (Å²) in [6, 6.07) is 27.5. The van der Waals surface area contributed by atoms with Crippen LogP contribution in [0.5, 0.6) is 0 Å². The first-order valence-electron chi connectivity index (χ1n) is 16.1. The topological polar surface area (TPSA) is 75.5 Å². The van der Waals surface area contributed by atoms with Crippen LogP contribution in [0.3, 0.4) is 0 Å². The minimum absolute atomic E-state index is 0.0689. The zero-order chi connectivity index (χ0) is 30.5. The van der Waals surface area contributed by atoms with Gasteiger partial charge in [0.2, 0.25) is 0 Å². The lowest BCUT2D eigenvalue weighted by molar-refractivity contribution is 0.0607. The highest BCUT2D eigenvalue weighted by molar-refractivity contribution is 7.90. The van der Waals surface area contributed by atoms with Gasteiger partial charge in [-0.25, -0.2) is 13.4 Å². The maximum atomic E-state index is 13.2. The number of aromatic nitrogens is 2. The van der Waals surface area contributed by atoms with Crippen molar-refractivity contribution in [3.05, 3.63) is 95.8 Å². The van der Waals surface area contributed by atoms with Crippen LogP contribution in [0.4, 0.5) is 0 Å². The molecule has 0 saturated carbocycles. The molecule has 0 spiro atoms. The molecule has 3 aliphatic rings. The summed E-state index contributed by atoms with van der Waals surface area (Å²) in [5, 5.41) is 0. The van der Waals surface area contributed by atoms with Gasteiger partial charge in [-0.3, -0.25) is 9.69 Å². The van der Waals surface area contributed by atoms with E-state index in [1.165, 1.54) is 24.7 Å². The van der Waals surface area contributed by atoms with Gasteiger partial charge in [-0.1, -0.05) is 48.5 Å². The van der Waals surface area contributed by atoms with Crippen LogP contribution in [0.1, 0.15) is 72.7 Å². The summed E-state index contributed by atoms with van der Waals surface area (Å²) in [5.41, 5.74) is 4.05. The second-order valence-corrected chi connectivity index (χ2v) is 15.3. The van der Waals surface area contributed by atoms with E-state index in [4.69, 9.17) is 4.98 Å². The van der Waals surface area contributed by atoms with E-state index >= 15 is 0 Å². The van der Waals surface area contributed by atoms with Crippen molar-refractivity contribution in [2.45, 2.75) is 80.3 Å². The Kier molecular flexibility index (Phi) is 7.61. The first-order chi connectivity index (χ1) is 21.2. The van der Waals surface area contributed by atoms with Crippen LogP contribution in [0.25, 0.3) is 11.0 Å². The summed E-state index contributed by atoms with van der Waals surface area (Å²) in [6.07, 6.45) is 8.95. The normalized spacial score (nSPS) is 23.7. The SMILES string of the molecule is Cc1nc2cc(S(C)(=O)=O)ccc2n1C1C[C@H]2CC[C@@H](C1)N2CCC1(c2ccccc2)CCN(C(=O)c2ccccc2)CC1. The second kappa shape index (κ2) is 11.5. The van der Waals surface area contributed by atoms with E-state index in [1.54, 1.807) is 12.1 Å². The van der Waals surface area contributed by atoms with E-state index in [9.17, 15) is 13.2 Å². The Morgan fingerprint density at radius 3 is 2.16 bits per heavy atom. The number of imidazole rings is 1. The van der Waals surface area contributed by atoms with E-state index in [1.807, 2.05) is 48.2 Å². The molecule has 0 aliphatic carbocycles. The van der Waals surface area contributed by atoms with Crippen molar-refractivity contribution in [3.63, 3.8) is 0 Å². The lowest BCUT2D eigenvalue weighted by Gasteiger charge is -2.45. The molecular weight excluding hydrogens is 568 g/mol. The number of rotatable bonds is 7. The molecular formula is C36H42N4O3S. The Morgan fingerprint density at radius 2 is 1.52 bits per heavy atom. The Hall–Kier alpha value is -3.49. The number of amides is 1. The number of hydrogen-bond donors (Lipinski definition) is 0. The third kappa shape index (κ3) is 5.36. The molecule has 7 rings (SSSR count). The maximum absolute atomic E-state index is 13.2. The largest absolute Gasteiger partial charge is 0.339 e. The summed E-state index contributed by atoms with van der Waals surface area (Å²) in [7, 11) is -3.27. The van der Waals surface area contributed by atoms with Crippen molar-refractivity contribution < 1.29 is 13.2 Å². The molecule has 3 aromatic carbocycles. The number of piperidine rings is 2. The molecule has 0 radical (unpaired) electrons. The van der Waals surface area contributed by atoms with Crippen molar-refractivity contribution >= 4 is 26.8 Å². The van der Waals surface area contributed by atoms with Gasteiger partial charge in [0.25, 0.3) is 5.91 Å². The van der Waals surface area contributed by atoms with Crippen molar-refractivity contribution in [2.75, 3.05) is 25.9 Å². The molecule has 4 aromatic rings. The van der Waals surface area contributed by atoms with Gasteiger partial charge in [-0.2, -0.15) is 0 Å². The van der Waals surface area contributed by atoms with Gasteiger partial charge < -0.3 is 9.47 Å². The minimum Gasteiger partial charge on any atom is -0.339 e. The Bertz CT molecular complexity index is 1750. The van der Waals surface area contributed by atoms with Gasteiger partial charge in [0.05, 0.1) is 15.9 Å². The lowest BCUT2D eigenvalue weighted by atomic mass is 9.70. The third-order valence-electron chi connectivity index (χ3n) is 10.8. The van der Waals surface area contributed by atoms with Crippen LogP contribution in [-0.4, -0.2) is 71.6 Å². The van der Waals surface area contributed by atoms with Crippen molar-refractivity contribution in [1.29, 1.82) is 0 Å². The van der Waals surface area contributed by atoms with Crippen molar-refractivity contribution in [2.24, 2.45) is 0 Å². The molecule has 7 nitrogen and oxygen atoms in total. The van der Waals surface area contributed by atoms with E-state index in [0.29, 0.717) is 23.0 Å². The molecule has 3 saturated heterocycles. The first kappa shape index (κ1) is 29.2. The average molecular weight is 611 g/mol. The van der Waals surface area contributed by atoms with Gasteiger partial charge in [-0.05, 0) is 99.7 Å². The van der Waals surface area contributed by atoms with Crippen LogP contribution in [0.15, 0.2) is 83.8 Å². The predicted molar refractivity (Wildman–Crippen MR) is 174 cm³/mol. The van der Waals surface area contributed by atoms with E-state index in [-0.39, 0.29) is 11.3 Å². The van der Waals surface area contributed by atoms with Gasteiger partial charge in [-0.15, -0.1) is 0 Å². The molecule has 8 heteroatoms. The summed E-state index contributed by atoms with van der Waals surface area (Å²) in [5.74, 6) is 1.10. The van der Waals surface area contributed by atoms with Crippen LogP contribution in [0, 0.1) is 6.92 Å². The predicted octanol–water partition coefficient (Wildman–Crippen LogP) is 6.18. The standard InChI is InChI=1S/C36H42N4O3S/c1-26-37-33-25-32(44(2,42)43)15-16-34(33)40(26)31-23-29-13-14-30(24-31)39(29)22-19-36(28-11-7-4-8-12-28)17-20-38(21-18-36)35(41)27-9-5-3-6-10-27/h3-12,15-16,25,29-31H,13-14,17-24H2,1-2H3/t29-,30+,31?. The number of fused-ring (bicyclic) bond motifs is 3. The number of aryl methyl sites for hydroxylation is 1. The summed E-state index contributed by atoms with van der Waals surface area (Å²) >= 11 is 0. The molecule has 44 heavy (non-hydrogen) atoms. The van der Waals surface area contributed by atoms with Crippen molar-refractivity contribution in [3.8, 4) is 0 Å². The lowest BCUT2D eigenvalue weighted by Crippen LogP contribution is -2.49. The summed E-state index contributed by atoms with van der Waals surface area (Å²) in [6.45, 7) is 4.69. The van der Waals surface area contributed by atoms with Crippen LogP contribution in [0.2, 0.25) is 0 Å². The fourth-order valence-electron chi connectivity index (χ4n) is 8.43. The zero-order valence-electron chi connectivity index (χ0n) is 25.7. The monoisotopic (exact) mass is 610 g/mol. The van der Waals surface area contributed by atoms with Gasteiger partial charge >= 0.3 is 0 Å². The fourth-order valence-corrected chi connectivity index (χ4v) is 9.07. The molecule has 4 heterocycles. The van der Waals surface area contributed by atoms with Gasteiger partial charge in [0.1, 0.15) is 5.82 Å². The van der Waals surface area contributed by atoms with Gasteiger partial charge in [0, 0.05) is 43.0 Å². The number of hydrogen-bond acceptors (Lipinski definition) is 5. The minimum atomic E-state index is -3.27. The number of benzene rings is 3. The Balaban J connectivity index is 1.07. The number of likely N-dealkylation sites (tertiary alicyclic amines) is 1. The third-order valence-corrected chi connectivity index (χ3v) is 11.9. The Labute approximate surface area is 260 Å². The molecule has 3 fully saturated rings. The second-order valence-electron chi connectivity index (χ2n) is 13.3. The molecule has 1 aromatic heterocycles. The van der Waals surface area contributed by atoms with E-state index in [0.717, 1.165) is 74.2 Å². The van der Waals surface area contributed by atoms with Crippen LogP contribution < -0.4 is 0 Å². The summed E-state index contributed by atoms with van der Waals surface area (Å²) in [4.78, 5) is 23.2. The smallest absolute Gasteiger partial charge is 0.253 e. The molecule has 1 amide bonds. The highest BCUT2D eigenvalue weighted by Crippen LogP contribution is 2.45. The quantitative estimate of drug-likeness (QED) is 0.250. The number of nitrogens with zero attached hydrogens (tertiary/aromatic N) is 4. The maximum Gasteiger partial charge on any atom is 0.253 e. The summed E-state index contributed by atoms with van der Waals surface area (Å²) < 4.78 is 26.6. The van der Waals surface area contributed by atoms with Gasteiger partial charge in [0.15, 0.2) is 9.84 Å². The molecule has 3 atom stereocenters. The van der Waals surface area contributed by atoms with Crippen LogP contribution >= 0.6 is 0 Å². The molecule has 230 valence electrons. The van der Waals surface area contributed by atoms with E-state index < -0.39 is 9.84 Å².